The fourth-order valence-electron chi connectivity index (χ4n) is 3.95. The van der Waals surface area contributed by atoms with Gasteiger partial charge in [0.15, 0.2) is 0 Å². The molecule has 0 bridgehead atoms. The number of ether oxygens (including phenoxy) is 1. The predicted octanol–water partition coefficient (Wildman–Crippen LogP) is 6.70. The molecule has 0 aliphatic heterocycles. The second-order valence-electron chi connectivity index (χ2n) is 7.61. The molecule has 158 valence electrons. The normalized spacial score (nSPS) is 11.1. The first-order valence-corrected chi connectivity index (χ1v) is 11.5. The van der Waals surface area contributed by atoms with Crippen LogP contribution in [0.5, 0.6) is 5.75 Å². The summed E-state index contributed by atoms with van der Waals surface area (Å²) in [4.78, 5) is 9.38. The summed E-state index contributed by atoms with van der Waals surface area (Å²) in [6, 6.07) is 27.0. The molecule has 0 atom stereocenters. The van der Waals surface area contributed by atoms with Gasteiger partial charge in [-0.15, -0.1) is 11.8 Å². The van der Waals surface area contributed by atoms with Crippen molar-refractivity contribution in [1.82, 2.24) is 14.5 Å². The molecule has 0 spiro atoms. The van der Waals surface area contributed by atoms with Gasteiger partial charge in [-0.2, -0.15) is 0 Å². The summed E-state index contributed by atoms with van der Waals surface area (Å²) in [5.41, 5.74) is 6.62. The number of nitrogens with zero attached hydrogens (tertiary/aromatic N) is 3. The summed E-state index contributed by atoms with van der Waals surface area (Å²) in [6.07, 6.45) is 3.80. The number of benzene rings is 3. The van der Waals surface area contributed by atoms with E-state index in [9.17, 15) is 0 Å². The molecular formula is C27H23N3OS. The van der Waals surface area contributed by atoms with Gasteiger partial charge in [0.2, 0.25) is 0 Å². The lowest BCUT2D eigenvalue weighted by atomic mass is 10.1. The minimum Gasteiger partial charge on any atom is -0.495 e. The fourth-order valence-corrected chi connectivity index (χ4v) is 4.90. The average Bonchev–Trinajstić information content (AvgIpc) is 3.23. The number of aromatic nitrogens is 3. The van der Waals surface area contributed by atoms with Gasteiger partial charge in [0, 0.05) is 17.5 Å². The second-order valence-corrected chi connectivity index (χ2v) is 8.57. The number of fused-ring (bicyclic) bond motifs is 1. The van der Waals surface area contributed by atoms with Crippen LogP contribution in [0.2, 0.25) is 0 Å². The molecule has 0 saturated carbocycles. The molecule has 0 aliphatic carbocycles. The SMILES string of the molecule is COc1ccccc1-n1cc(-c2ccccc2)c2c(SCc3cccc(C)c3)ncnc21. The van der Waals surface area contributed by atoms with Gasteiger partial charge < -0.3 is 4.74 Å². The first-order chi connectivity index (χ1) is 15.7. The molecule has 0 unspecified atom stereocenters. The van der Waals surface area contributed by atoms with Crippen molar-refractivity contribution in [3.05, 3.63) is 103 Å². The third-order valence-electron chi connectivity index (χ3n) is 5.44. The largest absolute Gasteiger partial charge is 0.495 e. The van der Waals surface area contributed by atoms with Gasteiger partial charge in [-0.25, -0.2) is 9.97 Å². The lowest BCUT2D eigenvalue weighted by molar-refractivity contribution is 0.413. The van der Waals surface area contributed by atoms with Gasteiger partial charge in [-0.1, -0.05) is 72.3 Å². The summed E-state index contributed by atoms with van der Waals surface area (Å²) in [6.45, 7) is 2.12. The Morgan fingerprint density at radius 1 is 0.906 bits per heavy atom. The van der Waals surface area contributed by atoms with Crippen LogP contribution < -0.4 is 4.74 Å². The van der Waals surface area contributed by atoms with Crippen LogP contribution >= 0.6 is 11.8 Å². The number of methoxy groups -OCH3 is 1. The van der Waals surface area contributed by atoms with Crippen LogP contribution in [0.4, 0.5) is 0 Å². The van der Waals surface area contributed by atoms with E-state index in [1.165, 1.54) is 11.1 Å². The van der Waals surface area contributed by atoms with E-state index in [0.29, 0.717) is 0 Å². The molecule has 0 N–H and O–H groups in total. The van der Waals surface area contributed by atoms with Crippen molar-refractivity contribution in [3.8, 4) is 22.6 Å². The van der Waals surface area contributed by atoms with Gasteiger partial charge in [-0.05, 0) is 30.2 Å². The maximum atomic E-state index is 5.64. The van der Waals surface area contributed by atoms with Crippen molar-refractivity contribution in [1.29, 1.82) is 0 Å². The van der Waals surface area contributed by atoms with Crippen molar-refractivity contribution in [2.45, 2.75) is 17.7 Å². The quantitative estimate of drug-likeness (QED) is 0.219. The van der Waals surface area contributed by atoms with E-state index in [1.807, 2.05) is 24.3 Å². The maximum Gasteiger partial charge on any atom is 0.149 e. The van der Waals surface area contributed by atoms with Crippen molar-refractivity contribution in [3.63, 3.8) is 0 Å². The summed E-state index contributed by atoms with van der Waals surface area (Å²) >= 11 is 1.74. The van der Waals surface area contributed by atoms with E-state index < -0.39 is 0 Å². The lowest BCUT2D eigenvalue weighted by Crippen LogP contribution is -1.98. The van der Waals surface area contributed by atoms with E-state index in [0.717, 1.165) is 44.4 Å². The lowest BCUT2D eigenvalue weighted by Gasteiger charge is -2.10. The van der Waals surface area contributed by atoms with Crippen molar-refractivity contribution in [2.75, 3.05) is 7.11 Å². The molecular weight excluding hydrogens is 414 g/mol. The predicted molar refractivity (Wildman–Crippen MR) is 132 cm³/mol. The zero-order valence-electron chi connectivity index (χ0n) is 18.0. The molecule has 5 rings (SSSR count). The van der Waals surface area contributed by atoms with Gasteiger partial charge in [0.1, 0.15) is 22.7 Å². The van der Waals surface area contributed by atoms with Crippen LogP contribution in [-0.2, 0) is 5.75 Å². The first kappa shape index (κ1) is 20.3. The molecule has 5 heteroatoms. The fraction of sp³-hybridized carbons (Fsp3) is 0.111. The topological polar surface area (TPSA) is 39.9 Å². The monoisotopic (exact) mass is 437 g/mol. The highest BCUT2D eigenvalue weighted by molar-refractivity contribution is 7.98. The molecule has 4 nitrogen and oxygen atoms in total. The molecule has 0 amide bonds. The minimum atomic E-state index is 0.802. The Hall–Kier alpha value is -3.57. The second kappa shape index (κ2) is 8.89. The Kier molecular flexibility index (Phi) is 5.65. The molecule has 0 radical (unpaired) electrons. The van der Waals surface area contributed by atoms with Crippen molar-refractivity contribution < 1.29 is 4.74 Å². The molecule has 3 aromatic carbocycles. The van der Waals surface area contributed by atoms with Crippen LogP contribution in [0.15, 0.2) is 96.4 Å². The smallest absolute Gasteiger partial charge is 0.149 e. The van der Waals surface area contributed by atoms with E-state index in [2.05, 4.69) is 77.3 Å². The van der Waals surface area contributed by atoms with Crippen LogP contribution in [0.25, 0.3) is 27.8 Å². The summed E-state index contributed by atoms with van der Waals surface area (Å²) in [7, 11) is 1.70. The Labute approximate surface area is 191 Å². The molecule has 2 heterocycles. The van der Waals surface area contributed by atoms with E-state index in [-0.39, 0.29) is 0 Å². The Balaban J connectivity index is 1.68. The number of hydrogen-bond acceptors (Lipinski definition) is 4. The van der Waals surface area contributed by atoms with Crippen LogP contribution in [-0.4, -0.2) is 21.6 Å². The van der Waals surface area contributed by atoms with E-state index >= 15 is 0 Å². The minimum absolute atomic E-state index is 0.802. The van der Waals surface area contributed by atoms with Gasteiger partial charge in [-0.3, -0.25) is 4.57 Å². The average molecular weight is 438 g/mol. The van der Waals surface area contributed by atoms with E-state index in [1.54, 1.807) is 25.2 Å². The highest BCUT2D eigenvalue weighted by atomic mass is 32.2. The summed E-state index contributed by atoms with van der Waals surface area (Å²) in [5, 5.41) is 2.03. The van der Waals surface area contributed by atoms with Crippen LogP contribution in [0.3, 0.4) is 0 Å². The molecule has 32 heavy (non-hydrogen) atoms. The molecule has 5 aromatic rings. The molecule has 0 aliphatic rings. The summed E-state index contributed by atoms with van der Waals surface area (Å²) < 4.78 is 7.75. The van der Waals surface area contributed by atoms with E-state index in [4.69, 9.17) is 9.72 Å². The van der Waals surface area contributed by atoms with Gasteiger partial charge >= 0.3 is 0 Å². The zero-order valence-corrected chi connectivity index (χ0v) is 18.8. The Morgan fingerprint density at radius 2 is 1.72 bits per heavy atom. The third-order valence-corrected chi connectivity index (χ3v) is 6.50. The molecule has 0 saturated heterocycles. The number of hydrogen-bond donors (Lipinski definition) is 0. The van der Waals surface area contributed by atoms with Crippen molar-refractivity contribution >= 4 is 22.8 Å². The Bertz CT molecular complexity index is 1380. The first-order valence-electron chi connectivity index (χ1n) is 10.5. The number of para-hydroxylation sites is 2. The van der Waals surface area contributed by atoms with Crippen LogP contribution in [0.1, 0.15) is 11.1 Å². The molecule has 0 fully saturated rings. The van der Waals surface area contributed by atoms with Gasteiger partial charge in [0.05, 0.1) is 18.2 Å². The zero-order chi connectivity index (χ0) is 21.9. The number of rotatable bonds is 6. The summed E-state index contributed by atoms with van der Waals surface area (Å²) in [5.74, 6) is 1.65. The standard InChI is InChI=1S/C27H23N3OS/c1-19-9-8-10-20(15-19)17-32-27-25-22(21-11-4-3-5-12-21)16-30(26(25)28-18-29-27)23-13-6-7-14-24(23)31-2/h3-16,18H,17H2,1-2H3. The number of aryl methyl sites for hydroxylation is 1. The highest BCUT2D eigenvalue weighted by Crippen LogP contribution is 2.38. The van der Waals surface area contributed by atoms with Gasteiger partial charge in [0.25, 0.3) is 0 Å². The highest BCUT2D eigenvalue weighted by Gasteiger charge is 2.19. The molecule has 2 aromatic heterocycles. The maximum absolute atomic E-state index is 5.64. The third kappa shape index (κ3) is 3.87. The van der Waals surface area contributed by atoms with Crippen molar-refractivity contribution in [2.24, 2.45) is 0 Å². The van der Waals surface area contributed by atoms with Crippen LogP contribution in [0, 0.1) is 6.92 Å². The Morgan fingerprint density at radius 3 is 2.53 bits per heavy atom. The number of thioether (sulfide) groups is 1.